The Morgan fingerprint density at radius 1 is 1.17 bits per heavy atom. The Balaban J connectivity index is 1.52. The number of aryl methyl sites for hydroxylation is 2. The predicted molar refractivity (Wildman–Crippen MR) is 115 cm³/mol. The summed E-state index contributed by atoms with van der Waals surface area (Å²) in [5.74, 6) is -0.460. The number of rotatable bonds is 3. The SMILES string of the molecule is Cc1c(C)n(C)c2ccc(NC(=O)[C@@H]3CN(C(=O)c4c[nH]c(=O)[nH]4)CCN3C)cc12. The number of nitrogens with zero attached hydrogens (tertiary/aromatic N) is 3. The first-order valence-electron chi connectivity index (χ1n) is 9.90. The molecule has 0 radical (unpaired) electrons. The van der Waals surface area contributed by atoms with Gasteiger partial charge in [0.15, 0.2) is 0 Å². The van der Waals surface area contributed by atoms with E-state index in [0.29, 0.717) is 13.1 Å². The van der Waals surface area contributed by atoms with E-state index in [1.165, 1.54) is 17.5 Å². The van der Waals surface area contributed by atoms with E-state index >= 15 is 0 Å². The molecule has 4 rings (SSSR count). The summed E-state index contributed by atoms with van der Waals surface area (Å²) < 4.78 is 2.14. The van der Waals surface area contributed by atoms with Crippen LogP contribution >= 0.6 is 0 Å². The van der Waals surface area contributed by atoms with Crippen LogP contribution in [0.2, 0.25) is 0 Å². The van der Waals surface area contributed by atoms with Gasteiger partial charge in [0.25, 0.3) is 5.91 Å². The number of hydrogen-bond acceptors (Lipinski definition) is 4. The van der Waals surface area contributed by atoms with Crippen molar-refractivity contribution in [1.82, 2.24) is 24.3 Å². The molecule has 1 atom stereocenters. The van der Waals surface area contributed by atoms with Gasteiger partial charge >= 0.3 is 5.69 Å². The minimum absolute atomic E-state index is 0.165. The fourth-order valence-electron chi connectivity index (χ4n) is 4.02. The standard InChI is InChI=1S/C21H26N6O3/c1-12-13(2)26(4)17-6-5-14(9-15(12)17)23-19(28)18-11-27(8-7-25(18)3)20(29)16-10-22-21(30)24-16/h5-6,9-10,18H,7-8,11H2,1-4H3,(H,23,28)(H2,22,24,30)/t18-/m0/s1. The van der Waals surface area contributed by atoms with Crippen molar-refractivity contribution < 1.29 is 9.59 Å². The second-order valence-electron chi connectivity index (χ2n) is 7.89. The molecule has 0 bridgehead atoms. The number of anilines is 1. The average Bonchev–Trinajstić information content (AvgIpc) is 3.25. The van der Waals surface area contributed by atoms with E-state index in [2.05, 4.69) is 33.7 Å². The predicted octanol–water partition coefficient (Wildman–Crippen LogP) is 1.21. The third-order valence-corrected chi connectivity index (χ3v) is 6.14. The van der Waals surface area contributed by atoms with Gasteiger partial charge in [-0.25, -0.2) is 4.79 Å². The van der Waals surface area contributed by atoms with Crippen molar-refractivity contribution >= 4 is 28.4 Å². The van der Waals surface area contributed by atoms with Crippen LogP contribution in [-0.4, -0.2) is 68.9 Å². The van der Waals surface area contributed by atoms with Crippen LogP contribution in [0.4, 0.5) is 5.69 Å². The van der Waals surface area contributed by atoms with Crippen molar-refractivity contribution in [3.63, 3.8) is 0 Å². The molecule has 9 heteroatoms. The summed E-state index contributed by atoms with van der Waals surface area (Å²) in [6.07, 6.45) is 1.36. The molecule has 1 saturated heterocycles. The molecule has 2 amide bonds. The lowest BCUT2D eigenvalue weighted by Gasteiger charge is -2.38. The number of hydrogen-bond donors (Lipinski definition) is 3. The van der Waals surface area contributed by atoms with Crippen LogP contribution in [0, 0.1) is 13.8 Å². The van der Waals surface area contributed by atoms with Gasteiger partial charge in [-0.1, -0.05) is 0 Å². The number of aromatic amines is 2. The van der Waals surface area contributed by atoms with Crippen LogP contribution < -0.4 is 11.0 Å². The molecule has 1 aromatic carbocycles. The maximum absolute atomic E-state index is 13.0. The van der Waals surface area contributed by atoms with E-state index < -0.39 is 11.7 Å². The largest absolute Gasteiger partial charge is 0.348 e. The van der Waals surface area contributed by atoms with E-state index in [1.807, 2.05) is 37.2 Å². The smallest absolute Gasteiger partial charge is 0.323 e. The Labute approximate surface area is 173 Å². The fourth-order valence-corrected chi connectivity index (χ4v) is 4.02. The van der Waals surface area contributed by atoms with Gasteiger partial charge in [0, 0.05) is 55.2 Å². The number of carbonyl (C=O) groups excluding carboxylic acids is 2. The summed E-state index contributed by atoms with van der Waals surface area (Å²) in [6.45, 7) is 5.45. The minimum atomic E-state index is -0.484. The van der Waals surface area contributed by atoms with E-state index in [4.69, 9.17) is 0 Å². The number of imidazole rings is 1. The molecule has 30 heavy (non-hydrogen) atoms. The number of H-pyrrole nitrogens is 2. The molecule has 3 N–H and O–H groups in total. The third-order valence-electron chi connectivity index (χ3n) is 6.14. The van der Waals surface area contributed by atoms with Crippen molar-refractivity contribution in [2.24, 2.45) is 7.05 Å². The molecule has 1 aliphatic heterocycles. The number of carbonyl (C=O) groups is 2. The monoisotopic (exact) mass is 410 g/mol. The molecule has 0 spiro atoms. The Kier molecular flexibility index (Phi) is 4.98. The van der Waals surface area contributed by atoms with Gasteiger partial charge in [0.05, 0.1) is 0 Å². The highest BCUT2D eigenvalue weighted by molar-refractivity contribution is 5.99. The summed E-state index contributed by atoms with van der Waals surface area (Å²) in [5, 5.41) is 4.11. The third kappa shape index (κ3) is 3.41. The van der Waals surface area contributed by atoms with Gasteiger partial charge in [-0.2, -0.15) is 0 Å². The van der Waals surface area contributed by atoms with Gasteiger partial charge in [-0.15, -0.1) is 0 Å². The lowest BCUT2D eigenvalue weighted by molar-refractivity contribution is -0.122. The molecule has 9 nitrogen and oxygen atoms in total. The van der Waals surface area contributed by atoms with Gasteiger partial charge < -0.3 is 24.8 Å². The topological polar surface area (TPSA) is 106 Å². The van der Waals surface area contributed by atoms with E-state index in [-0.39, 0.29) is 24.1 Å². The highest BCUT2D eigenvalue weighted by Gasteiger charge is 2.33. The number of fused-ring (bicyclic) bond motifs is 1. The molecule has 3 heterocycles. The first kappa shape index (κ1) is 20.0. The summed E-state index contributed by atoms with van der Waals surface area (Å²) in [7, 11) is 3.90. The fraction of sp³-hybridized carbons (Fsp3) is 0.381. The Morgan fingerprint density at radius 2 is 1.93 bits per heavy atom. The van der Waals surface area contributed by atoms with Crippen molar-refractivity contribution in [1.29, 1.82) is 0 Å². The number of aromatic nitrogens is 3. The zero-order valence-electron chi connectivity index (χ0n) is 17.6. The van der Waals surface area contributed by atoms with Crippen LogP contribution in [-0.2, 0) is 11.8 Å². The van der Waals surface area contributed by atoms with Crippen LogP contribution in [0.3, 0.4) is 0 Å². The molecular weight excluding hydrogens is 384 g/mol. The Morgan fingerprint density at radius 3 is 2.63 bits per heavy atom. The molecule has 1 aliphatic rings. The van der Waals surface area contributed by atoms with Crippen LogP contribution in [0.1, 0.15) is 21.7 Å². The van der Waals surface area contributed by atoms with Crippen LogP contribution in [0.15, 0.2) is 29.2 Å². The summed E-state index contributed by atoms with van der Waals surface area (Å²) in [5.41, 5.74) is 4.00. The lowest BCUT2D eigenvalue weighted by atomic mass is 10.1. The van der Waals surface area contributed by atoms with Gasteiger partial charge in [-0.05, 0) is 44.7 Å². The van der Waals surface area contributed by atoms with Crippen molar-refractivity contribution in [3.05, 3.63) is 51.8 Å². The van der Waals surface area contributed by atoms with Crippen molar-refractivity contribution in [2.45, 2.75) is 19.9 Å². The quantitative estimate of drug-likeness (QED) is 0.603. The molecule has 0 saturated carbocycles. The molecule has 3 aromatic rings. The summed E-state index contributed by atoms with van der Waals surface area (Å²) in [6, 6.07) is 5.41. The maximum atomic E-state index is 13.0. The number of likely N-dealkylation sites (N-methyl/N-ethyl adjacent to an activating group) is 1. The van der Waals surface area contributed by atoms with Crippen molar-refractivity contribution in [2.75, 3.05) is 32.0 Å². The van der Waals surface area contributed by atoms with Crippen molar-refractivity contribution in [3.8, 4) is 0 Å². The van der Waals surface area contributed by atoms with Crippen LogP contribution in [0.25, 0.3) is 10.9 Å². The van der Waals surface area contributed by atoms with Gasteiger partial charge in [0.2, 0.25) is 5.91 Å². The minimum Gasteiger partial charge on any atom is -0.348 e. The lowest BCUT2D eigenvalue weighted by Crippen LogP contribution is -2.57. The molecule has 2 aromatic heterocycles. The van der Waals surface area contributed by atoms with E-state index in [0.717, 1.165) is 16.6 Å². The first-order chi connectivity index (χ1) is 14.3. The highest BCUT2D eigenvalue weighted by Crippen LogP contribution is 2.27. The number of benzene rings is 1. The molecule has 158 valence electrons. The highest BCUT2D eigenvalue weighted by atomic mass is 16.2. The second kappa shape index (κ2) is 7.49. The summed E-state index contributed by atoms with van der Waals surface area (Å²) in [4.78, 5) is 45.4. The summed E-state index contributed by atoms with van der Waals surface area (Å²) >= 11 is 0. The van der Waals surface area contributed by atoms with E-state index in [1.54, 1.807) is 4.90 Å². The number of piperazine rings is 1. The molecule has 0 unspecified atom stereocenters. The average molecular weight is 410 g/mol. The Hall–Kier alpha value is -3.33. The van der Waals surface area contributed by atoms with Gasteiger partial charge in [0.1, 0.15) is 11.7 Å². The first-order valence-corrected chi connectivity index (χ1v) is 9.90. The van der Waals surface area contributed by atoms with E-state index in [9.17, 15) is 14.4 Å². The zero-order valence-corrected chi connectivity index (χ0v) is 17.6. The molecule has 0 aliphatic carbocycles. The zero-order chi connectivity index (χ0) is 21.6. The van der Waals surface area contributed by atoms with Gasteiger partial charge in [-0.3, -0.25) is 14.5 Å². The molecule has 1 fully saturated rings. The number of amides is 2. The molecular formula is C21H26N6O3. The second-order valence-corrected chi connectivity index (χ2v) is 7.89. The Bertz CT molecular complexity index is 1190. The maximum Gasteiger partial charge on any atom is 0.323 e. The normalized spacial score (nSPS) is 17.5. The van der Waals surface area contributed by atoms with Crippen LogP contribution in [0.5, 0.6) is 0 Å². The number of nitrogens with one attached hydrogen (secondary N) is 3.